The van der Waals surface area contributed by atoms with Gasteiger partial charge in [0.2, 0.25) is 5.91 Å². The zero-order valence-electron chi connectivity index (χ0n) is 19.1. The molecule has 0 aliphatic heterocycles. The molecule has 5 rings (SSSR count). The Kier molecular flexibility index (Phi) is 6.90. The van der Waals surface area contributed by atoms with E-state index in [4.69, 9.17) is 0 Å². The van der Waals surface area contributed by atoms with Gasteiger partial charge >= 0.3 is 0 Å². The second-order valence-corrected chi connectivity index (χ2v) is 9.34. The van der Waals surface area contributed by atoms with Crippen LogP contribution in [0, 0.1) is 0 Å². The number of hydrogen-bond donors (Lipinski definition) is 2. The van der Waals surface area contributed by atoms with Gasteiger partial charge in [0.05, 0.1) is 5.75 Å². The Hall–Kier alpha value is -3.91. The van der Waals surface area contributed by atoms with Gasteiger partial charge in [-0.3, -0.25) is 14.2 Å². The van der Waals surface area contributed by atoms with E-state index in [1.165, 1.54) is 11.8 Å². The van der Waals surface area contributed by atoms with E-state index in [1.807, 2.05) is 53.1 Å². The van der Waals surface area contributed by atoms with Crippen LogP contribution in [0.1, 0.15) is 34.6 Å². The van der Waals surface area contributed by atoms with Crippen LogP contribution in [0.3, 0.4) is 0 Å². The topological polar surface area (TPSA) is 88.9 Å². The third-order valence-electron chi connectivity index (χ3n) is 5.57. The maximum atomic E-state index is 12.7. The van der Waals surface area contributed by atoms with Crippen molar-refractivity contribution in [3.05, 3.63) is 102 Å². The third-order valence-corrected chi connectivity index (χ3v) is 6.50. The van der Waals surface area contributed by atoms with Gasteiger partial charge in [-0.15, -0.1) is 10.2 Å². The highest BCUT2D eigenvalue weighted by molar-refractivity contribution is 7.99. The Morgan fingerprint density at radius 1 is 0.914 bits per heavy atom. The number of amides is 2. The molecule has 1 fully saturated rings. The van der Waals surface area contributed by atoms with Gasteiger partial charge in [-0.05, 0) is 48.7 Å². The average molecular weight is 484 g/mol. The van der Waals surface area contributed by atoms with Gasteiger partial charge < -0.3 is 10.6 Å². The minimum Gasteiger partial charge on any atom is -0.349 e. The van der Waals surface area contributed by atoms with Gasteiger partial charge in [0.1, 0.15) is 5.82 Å². The molecule has 0 spiro atoms. The Labute approximate surface area is 208 Å². The fourth-order valence-electron chi connectivity index (χ4n) is 3.68. The normalized spacial score (nSPS) is 12.8. The van der Waals surface area contributed by atoms with Gasteiger partial charge in [-0.2, -0.15) is 0 Å². The van der Waals surface area contributed by atoms with E-state index >= 15 is 0 Å². The molecule has 4 aromatic rings. The van der Waals surface area contributed by atoms with Crippen LogP contribution in [0.5, 0.6) is 0 Å². The summed E-state index contributed by atoms with van der Waals surface area (Å²) in [7, 11) is 0. The highest BCUT2D eigenvalue weighted by atomic mass is 32.2. The summed E-state index contributed by atoms with van der Waals surface area (Å²) in [4.78, 5) is 25.0. The Balaban J connectivity index is 1.28. The maximum Gasteiger partial charge on any atom is 0.251 e. The Morgan fingerprint density at radius 3 is 2.40 bits per heavy atom. The maximum absolute atomic E-state index is 12.7. The zero-order valence-corrected chi connectivity index (χ0v) is 19.9. The van der Waals surface area contributed by atoms with E-state index in [0.717, 1.165) is 29.9 Å². The summed E-state index contributed by atoms with van der Waals surface area (Å²) in [5, 5.41) is 15.3. The molecule has 1 aromatic heterocycles. The van der Waals surface area contributed by atoms with E-state index in [2.05, 4.69) is 33.0 Å². The fourth-order valence-corrected chi connectivity index (χ4v) is 4.46. The number of carbonyl (C=O) groups is 2. The molecule has 0 unspecified atom stereocenters. The van der Waals surface area contributed by atoms with Gasteiger partial charge in [0.25, 0.3) is 5.91 Å². The highest BCUT2D eigenvalue weighted by Crippen LogP contribution is 2.24. The van der Waals surface area contributed by atoms with E-state index < -0.39 is 0 Å². The van der Waals surface area contributed by atoms with Crippen molar-refractivity contribution >= 4 is 29.3 Å². The predicted octanol–water partition coefficient (Wildman–Crippen LogP) is 4.48. The first-order valence-corrected chi connectivity index (χ1v) is 12.5. The molecule has 35 heavy (non-hydrogen) atoms. The molecule has 0 radical (unpaired) electrons. The first-order chi connectivity index (χ1) is 17.2. The van der Waals surface area contributed by atoms with E-state index in [1.54, 1.807) is 24.3 Å². The lowest BCUT2D eigenvalue weighted by Crippen LogP contribution is -2.25. The molecule has 7 nitrogen and oxygen atoms in total. The van der Waals surface area contributed by atoms with E-state index in [-0.39, 0.29) is 23.6 Å². The van der Waals surface area contributed by atoms with Crippen LogP contribution in [-0.4, -0.2) is 38.4 Å². The molecule has 8 heteroatoms. The standard InChI is InChI=1S/C27H25N5O2S/c33-25(28-22-11-7-10-20(17-22)26(34)29-21-14-15-21)18-35-27-31-30-24(16-19-8-3-1-4-9-19)32(27)23-12-5-2-6-13-23/h1-13,17,21H,14-16,18H2,(H,28,33)(H,29,34). The van der Waals surface area contributed by atoms with E-state index in [0.29, 0.717) is 22.8 Å². The van der Waals surface area contributed by atoms with Gasteiger partial charge in [-0.25, -0.2) is 0 Å². The molecule has 1 aliphatic rings. The summed E-state index contributed by atoms with van der Waals surface area (Å²) in [6.45, 7) is 0. The molecule has 176 valence electrons. The van der Waals surface area contributed by atoms with Gasteiger partial charge in [-0.1, -0.05) is 66.4 Å². The largest absolute Gasteiger partial charge is 0.349 e. The monoisotopic (exact) mass is 483 g/mol. The second-order valence-electron chi connectivity index (χ2n) is 8.40. The number of nitrogens with zero attached hydrogens (tertiary/aromatic N) is 3. The van der Waals surface area contributed by atoms with Crippen LogP contribution in [0.4, 0.5) is 5.69 Å². The molecule has 2 amide bonds. The van der Waals surface area contributed by atoms with Crippen LogP contribution >= 0.6 is 11.8 Å². The van der Waals surface area contributed by atoms with Crippen molar-refractivity contribution in [2.45, 2.75) is 30.5 Å². The van der Waals surface area contributed by atoms with Crippen molar-refractivity contribution in [2.24, 2.45) is 0 Å². The number of carbonyl (C=O) groups excluding carboxylic acids is 2. The minimum atomic E-state index is -0.179. The Morgan fingerprint density at radius 2 is 1.66 bits per heavy atom. The molecule has 0 saturated heterocycles. The van der Waals surface area contributed by atoms with Crippen molar-refractivity contribution in [1.82, 2.24) is 20.1 Å². The van der Waals surface area contributed by atoms with Crippen molar-refractivity contribution in [2.75, 3.05) is 11.1 Å². The molecule has 0 atom stereocenters. The third kappa shape index (κ3) is 5.96. The number of rotatable bonds is 9. The minimum absolute atomic E-state index is 0.111. The summed E-state index contributed by atoms with van der Waals surface area (Å²) in [6, 6.07) is 27.3. The van der Waals surface area contributed by atoms with Crippen LogP contribution < -0.4 is 10.6 Å². The number of anilines is 1. The Bertz CT molecular complexity index is 1320. The van der Waals surface area contributed by atoms with Crippen molar-refractivity contribution < 1.29 is 9.59 Å². The molecule has 2 N–H and O–H groups in total. The van der Waals surface area contributed by atoms with Crippen LogP contribution in [-0.2, 0) is 11.2 Å². The number of thioether (sulfide) groups is 1. The first-order valence-electron chi connectivity index (χ1n) is 11.5. The van der Waals surface area contributed by atoms with E-state index in [9.17, 15) is 9.59 Å². The summed E-state index contributed by atoms with van der Waals surface area (Å²) in [6.07, 6.45) is 2.69. The molecule has 3 aromatic carbocycles. The summed E-state index contributed by atoms with van der Waals surface area (Å²) < 4.78 is 1.99. The highest BCUT2D eigenvalue weighted by Gasteiger charge is 2.24. The number of para-hydroxylation sites is 1. The van der Waals surface area contributed by atoms with Gasteiger partial charge in [0, 0.05) is 29.4 Å². The summed E-state index contributed by atoms with van der Waals surface area (Å²) >= 11 is 1.33. The summed E-state index contributed by atoms with van der Waals surface area (Å²) in [5.74, 6) is 0.677. The number of nitrogens with one attached hydrogen (secondary N) is 2. The van der Waals surface area contributed by atoms with Crippen molar-refractivity contribution in [1.29, 1.82) is 0 Å². The molecular weight excluding hydrogens is 458 g/mol. The smallest absolute Gasteiger partial charge is 0.251 e. The van der Waals surface area contributed by atoms with Crippen LogP contribution in [0.15, 0.2) is 90.1 Å². The number of benzene rings is 3. The number of hydrogen-bond acceptors (Lipinski definition) is 5. The molecular formula is C27H25N5O2S. The summed E-state index contributed by atoms with van der Waals surface area (Å²) in [5.41, 5.74) is 3.21. The van der Waals surface area contributed by atoms with Crippen molar-refractivity contribution in [3.8, 4) is 5.69 Å². The molecule has 0 bridgehead atoms. The van der Waals surface area contributed by atoms with Crippen LogP contribution in [0.25, 0.3) is 5.69 Å². The molecule has 1 heterocycles. The second kappa shape index (κ2) is 10.6. The average Bonchev–Trinajstić information content (AvgIpc) is 3.61. The SMILES string of the molecule is O=C(CSc1nnc(Cc2ccccc2)n1-c1ccccc1)Nc1cccc(C(=O)NC2CC2)c1. The fraction of sp³-hybridized carbons (Fsp3) is 0.185. The lowest BCUT2D eigenvalue weighted by atomic mass is 10.1. The zero-order chi connectivity index (χ0) is 24.0. The molecule has 1 saturated carbocycles. The predicted molar refractivity (Wildman–Crippen MR) is 137 cm³/mol. The number of aromatic nitrogens is 3. The van der Waals surface area contributed by atoms with Crippen molar-refractivity contribution in [3.63, 3.8) is 0 Å². The van der Waals surface area contributed by atoms with Gasteiger partial charge in [0.15, 0.2) is 5.16 Å². The quantitative estimate of drug-likeness (QED) is 0.343. The first kappa shape index (κ1) is 22.9. The lowest BCUT2D eigenvalue weighted by molar-refractivity contribution is -0.113. The lowest BCUT2D eigenvalue weighted by Gasteiger charge is -2.11. The van der Waals surface area contributed by atoms with Crippen LogP contribution in [0.2, 0.25) is 0 Å². The molecule has 1 aliphatic carbocycles.